The number of nitrogens with one attached hydrogen (secondary N) is 2. The van der Waals surface area contributed by atoms with Crippen LogP contribution < -0.4 is 10.6 Å². The van der Waals surface area contributed by atoms with Crippen LogP contribution in [0.1, 0.15) is 16.1 Å². The van der Waals surface area contributed by atoms with Gasteiger partial charge in [-0.05, 0) is 36.4 Å². The van der Waals surface area contributed by atoms with Crippen LogP contribution in [0.4, 0.5) is 0 Å². The van der Waals surface area contributed by atoms with Crippen molar-refractivity contribution in [2.75, 3.05) is 7.05 Å². The molecule has 2 rings (SSSR count). The number of amides is 2. The number of furan rings is 1. The van der Waals surface area contributed by atoms with Crippen LogP contribution in [0.25, 0.3) is 6.08 Å². The summed E-state index contributed by atoms with van der Waals surface area (Å²) in [7, 11) is 1.49. The van der Waals surface area contributed by atoms with E-state index in [4.69, 9.17) is 4.42 Å². The lowest BCUT2D eigenvalue weighted by molar-refractivity contribution is -0.117. The lowest BCUT2D eigenvalue weighted by Gasteiger charge is -2.08. The first-order chi connectivity index (χ1) is 10.1. The Bertz CT molecular complexity index is 661. The highest BCUT2D eigenvalue weighted by Gasteiger charge is 2.13. The van der Waals surface area contributed by atoms with Crippen molar-refractivity contribution in [3.63, 3.8) is 0 Å². The summed E-state index contributed by atoms with van der Waals surface area (Å²) in [6, 6.07) is 10.2. The molecule has 2 amide bonds. The highest BCUT2D eigenvalue weighted by atomic mass is 79.9. The summed E-state index contributed by atoms with van der Waals surface area (Å²) in [6.45, 7) is 0. The van der Waals surface area contributed by atoms with Crippen molar-refractivity contribution < 1.29 is 14.0 Å². The molecule has 1 aromatic carbocycles. The van der Waals surface area contributed by atoms with Gasteiger partial charge in [-0.15, -0.1) is 0 Å². The third-order valence-corrected chi connectivity index (χ3v) is 3.18. The smallest absolute Gasteiger partial charge is 0.267 e. The molecule has 6 heteroatoms. The molecule has 0 unspecified atom stereocenters. The van der Waals surface area contributed by atoms with E-state index in [1.165, 1.54) is 19.4 Å². The first kappa shape index (κ1) is 15.1. The number of carbonyl (C=O) groups excluding carboxylic acids is 2. The molecular weight excluding hydrogens is 336 g/mol. The van der Waals surface area contributed by atoms with E-state index in [9.17, 15) is 9.59 Å². The first-order valence-electron chi connectivity index (χ1n) is 6.14. The summed E-state index contributed by atoms with van der Waals surface area (Å²) < 4.78 is 6.02. The second-order valence-electron chi connectivity index (χ2n) is 4.11. The summed E-state index contributed by atoms with van der Waals surface area (Å²) in [6.07, 6.45) is 2.96. The normalized spacial score (nSPS) is 11.0. The quantitative estimate of drug-likeness (QED) is 0.834. The molecule has 108 valence electrons. The lowest BCUT2D eigenvalue weighted by Crippen LogP contribution is -2.33. The number of likely N-dealkylation sites (N-methyl/N-ethyl adjacent to an activating group) is 1. The zero-order chi connectivity index (χ0) is 15.2. The van der Waals surface area contributed by atoms with E-state index in [2.05, 4.69) is 26.6 Å². The zero-order valence-electron chi connectivity index (χ0n) is 11.2. The van der Waals surface area contributed by atoms with Crippen LogP contribution in [-0.2, 0) is 4.79 Å². The van der Waals surface area contributed by atoms with Gasteiger partial charge in [0.2, 0.25) is 0 Å². The topological polar surface area (TPSA) is 71.3 Å². The molecule has 2 N–H and O–H groups in total. The van der Waals surface area contributed by atoms with Crippen molar-refractivity contribution in [2.24, 2.45) is 0 Å². The Labute approximate surface area is 130 Å². The molecular formula is C15H13BrN2O3. The van der Waals surface area contributed by atoms with E-state index in [1.54, 1.807) is 36.4 Å². The third-order valence-electron chi connectivity index (χ3n) is 2.66. The number of carbonyl (C=O) groups is 2. The highest BCUT2D eigenvalue weighted by Crippen LogP contribution is 2.11. The van der Waals surface area contributed by atoms with Crippen molar-refractivity contribution in [3.05, 3.63) is 64.2 Å². The average Bonchev–Trinajstić information content (AvgIpc) is 2.99. The van der Waals surface area contributed by atoms with Gasteiger partial charge in [0.15, 0.2) is 0 Å². The molecule has 0 aliphatic rings. The fourth-order valence-electron chi connectivity index (χ4n) is 1.60. The van der Waals surface area contributed by atoms with Crippen LogP contribution in [0, 0.1) is 0 Å². The monoisotopic (exact) mass is 348 g/mol. The van der Waals surface area contributed by atoms with Gasteiger partial charge in [0, 0.05) is 23.2 Å². The second kappa shape index (κ2) is 6.90. The lowest BCUT2D eigenvalue weighted by atomic mass is 10.2. The Kier molecular flexibility index (Phi) is 4.94. The Morgan fingerprint density at radius 1 is 1.19 bits per heavy atom. The van der Waals surface area contributed by atoms with E-state index in [1.807, 2.05) is 0 Å². The van der Waals surface area contributed by atoms with Gasteiger partial charge in [0.1, 0.15) is 11.5 Å². The first-order valence-corrected chi connectivity index (χ1v) is 6.93. The number of halogens is 1. The van der Waals surface area contributed by atoms with Crippen LogP contribution in [-0.4, -0.2) is 18.9 Å². The number of hydrogen-bond acceptors (Lipinski definition) is 3. The van der Waals surface area contributed by atoms with Crippen LogP contribution in [0.2, 0.25) is 0 Å². The van der Waals surface area contributed by atoms with Gasteiger partial charge >= 0.3 is 0 Å². The second-order valence-corrected chi connectivity index (χ2v) is 5.03. The van der Waals surface area contributed by atoms with E-state index >= 15 is 0 Å². The van der Waals surface area contributed by atoms with Crippen LogP contribution in [0.5, 0.6) is 0 Å². The summed E-state index contributed by atoms with van der Waals surface area (Å²) in [5.41, 5.74) is 0.563. The Hall–Kier alpha value is -2.34. The summed E-state index contributed by atoms with van der Waals surface area (Å²) >= 11 is 3.30. The average molecular weight is 349 g/mol. The highest BCUT2D eigenvalue weighted by molar-refractivity contribution is 9.10. The van der Waals surface area contributed by atoms with Gasteiger partial charge in [-0.25, -0.2) is 0 Å². The van der Waals surface area contributed by atoms with Crippen molar-refractivity contribution in [2.45, 2.75) is 0 Å². The molecule has 0 aliphatic heterocycles. The van der Waals surface area contributed by atoms with Crippen molar-refractivity contribution in [1.82, 2.24) is 10.6 Å². The van der Waals surface area contributed by atoms with Gasteiger partial charge in [-0.1, -0.05) is 15.9 Å². The molecule has 21 heavy (non-hydrogen) atoms. The standard InChI is InChI=1S/C15H13BrN2O3/c1-17-15(20)13(9-12-3-2-8-21-12)18-14(19)10-4-6-11(16)7-5-10/h2-9H,1H3,(H,17,20)(H,18,19). The number of hydrogen-bond donors (Lipinski definition) is 2. The molecule has 0 saturated heterocycles. The van der Waals surface area contributed by atoms with Crippen LogP contribution in [0.3, 0.4) is 0 Å². The Morgan fingerprint density at radius 2 is 1.90 bits per heavy atom. The van der Waals surface area contributed by atoms with Gasteiger partial charge < -0.3 is 15.1 Å². The van der Waals surface area contributed by atoms with E-state index in [-0.39, 0.29) is 11.6 Å². The SMILES string of the molecule is CNC(=O)C(=Cc1ccco1)NC(=O)c1ccc(Br)cc1. The maximum atomic E-state index is 12.1. The van der Waals surface area contributed by atoms with Crippen LogP contribution >= 0.6 is 15.9 Å². The van der Waals surface area contributed by atoms with E-state index in [0.29, 0.717) is 11.3 Å². The molecule has 1 heterocycles. The molecule has 0 fully saturated rings. The maximum absolute atomic E-state index is 12.1. The van der Waals surface area contributed by atoms with Gasteiger partial charge in [-0.3, -0.25) is 9.59 Å². The maximum Gasteiger partial charge on any atom is 0.267 e. The van der Waals surface area contributed by atoms with Gasteiger partial charge in [-0.2, -0.15) is 0 Å². The predicted octanol–water partition coefficient (Wildman–Crippen LogP) is 2.56. The molecule has 0 radical (unpaired) electrons. The molecule has 1 aromatic heterocycles. The molecule has 0 aliphatic carbocycles. The zero-order valence-corrected chi connectivity index (χ0v) is 12.8. The third kappa shape index (κ3) is 4.06. The Morgan fingerprint density at radius 3 is 2.48 bits per heavy atom. The van der Waals surface area contributed by atoms with E-state index in [0.717, 1.165) is 4.47 Å². The minimum absolute atomic E-state index is 0.111. The summed E-state index contributed by atoms with van der Waals surface area (Å²) in [5.74, 6) is -0.300. The van der Waals surface area contributed by atoms with E-state index < -0.39 is 5.91 Å². The molecule has 2 aromatic rings. The van der Waals surface area contributed by atoms with Crippen LogP contribution in [0.15, 0.2) is 57.2 Å². The largest absolute Gasteiger partial charge is 0.465 e. The minimum atomic E-state index is -0.406. The van der Waals surface area contributed by atoms with Crippen molar-refractivity contribution >= 4 is 33.8 Å². The summed E-state index contributed by atoms with van der Waals surface area (Å²) in [5, 5.41) is 5.05. The minimum Gasteiger partial charge on any atom is -0.465 e. The molecule has 5 nitrogen and oxygen atoms in total. The van der Waals surface area contributed by atoms with Crippen molar-refractivity contribution in [3.8, 4) is 0 Å². The number of rotatable bonds is 4. The summed E-state index contributed by atoms with van der Waals surface area (Å²) in [4.78, 5) is 24.0. The van der Waals surface area contributed by atoms with Gasteiger partial charge in [0.05, 0.1) is 6.26 Å². The molecule has 0 saturated carbocycles. The van der Waals surface area contributed by atoms with Gasteiger partial charge in [0.25, 0.3) is 11.8 Å². The molecule has 0 spiro atoms. The molecule has 0 atom stereocenters. The number of benzene rings is 1. The van der Waals surface area contributed by atoms with Crippen molar-refractivity contribution in [1.29, 1.82) is 0 Å². The fourth-order valence-corrected chi connectivity index (χ4v) is 1.87. The fraction of sp³-hybridized carbons (Fsp3) is 0.0667. The predicted molar refractivity (Wildman–Crippen MR) is 82.4 cm³/mol. The Balaban J connectivity index is 2.21. The molecule has 0 bridgehead atoms.